The first-order valence-corrected chi connectivity index (χ1v) is 8.57. The summed E-state index contributed by atoms with van der Waals surface area (Å²) >= 11 is 0. The number of benzene rings is 1. The van der Waals surface area contributed by atoms with E-state index in [4.69, 9.17) is 5.26 Å². The van der Waals surface area contributed by atoms with E-state index in [9.17, 15) is 4.79 Å². The molecule has 1 aromatic carbocycles. The van der Waals surface area contributed by atoms with Crippen molar-refractivity contribution >= 4 is 30.2 Å². The number of piperazine rings is 1. The van der Waals surface area contributed by atoms with Crippen molar-refractivity contribution in [2.45, 2.75) is 0 Å². The molecule has 1 aromatic heterocycles. The number of nitriles is 1. The smallest absolute Gasteiger partial charge is 0.246 e. The number of anilines is 1. The molecule has 6 heteroatoms. The molecule has 0 saturated carbocycles. The van der Waals surface area contributed by atoms with Crippen LogP contribution in [0.4, 0.5) is 5.82 Å². The molecule has 1 aliphatic rings. The number of carbonyl (C=O) groups is 1. The van der Waals surface area contributed by atoms with E-state index in [1.807, 2.05) is 47.4 Å². The summed E-state index contributed by atoms with van der Waals surface area (Å²) in [6.45, 7) is 2.92. The lowest BCUT2D eigenvalue weighted by Crippen LogP contribution is -2.48. The van der Waals surface area contributed by atoms with E-state index >= 15 is 0 Å². The van der Waals surface area contributed by atoms with Crippen molar-refractivity contribution in [1.82, 2.24) is 9.88 Å². The van der Waals surface area contributed by atoms with Crippen LogP contribution in [0, 0.1) is 11.3 Å². The van der Waals surface area contributed by atoms with Crippen LogP contribution in [0.25, 0.3) is 6.08 Å². The quantitative estimate of drug-likeness (QED) is 0.603. The summed E-state index contributed by atoms with van der Waals surface area (Å²) in [7, 11) is 0. The minimum atomic E-state index is 0. The van der Waals surface area contributed by atoms with Gasteiger partial charge in [0.1, 0.15) is 5.82 Å². The normalized spacial score (nSPS) is 14.2. The zero-order valence-electron chi connectivity index (χ0n) is 14.9. The minimum Gasteiger partial charge on any atom is -0.353 e. The Hall–Kier alpha value is -3.10. The fraction of sp³-hybridized carbons (Fsp3) is 0.190. The molecule has 1 aliphatic heterocycles. The average Bonchev–Trinajstić information content (AvgIpc) is 2.72. The Labute approximate surface area is 165 Å². The van der Waals surface area contributed by atoms with Gasteiger partial charge in [0.05, 0.1) is 11.6 Å². The van der Waals surface area contributed by atoms with Crippen molar-refractivity contribution in [2.24, 2.45) is 0 Å². The first-order valence-electron chi connectivity index (χ1n) is 8.57. The molecule has 27 heavy (non-hydrogen) atoms. The summed E-state index contributed by atoms with van der Waals surface area (Å²) < 4.78 is 0. The highest BCUT2D eigenvalue weighted by molar-refractivity contribution is 5.88. The van der Waals surface area contributed by atoms with Crippen LogP contribution >= 0.6 is 12.4 Å². The van der Waals surface area contributed by atoms with Gasteiger partial charge in [0, 0.05) is 38.5 Å². The van der Waals surface area contributed by atoms with Gasteiger partial charge in [-0.05, 0) is 23.8 Å². The van der Waals surface area contributed by atoms with Gasteiger partial charge in [0.2, 0.25) is 5.91 Å². The molecular formula is C21H21ClN4O. The fourth-order valence-electron chi connectivity index (χ4n) is 2.84. The second-order valence-corrected chi connectivity index (χ2v) is 5.92. The minimum absolute atomic E-state index is 0. The van der Waals surface area contributed by atoms with Gasteiger partial charge in [-0.1, -0.05) is 42.5 Å². The lowest BCUT2D eigenvalue weighted by molar-refractivity contribution is -0.126. The van der Waals surface area contributed by atoms with Crippen molar-refractivity contribution in [3.63, 3.8) is 0 Å². The van der Waals surface area contributed by atoms with Crippen LogP contribution < -0.4 is 4.90 Å². The Balaban J connectivity index is 0.00000261. The molecule has 5 nitrogen and oxygen atoms in total. The van der Waals surface area contributed by atoms with E-state index in [1.54, 1.807) is 30.5 Å². The van der Waals surface area contributed by atoms with E-state index in [-0.39, 0.29) is 18.3 Å². The Morgan fingerprint density at radius 3 is 2.48 bits per heavy atom. The van der Waals surface area contributed by atoms with Gasteiger partial charge >= 0.3 is 0 Å². The van der Waals surface area contributed by atoms with Crippen molar-refractivity contribution in [3.05, 3.63) is 78.0 Å². The van der Waals surface area contributed by atoms with Gasteiger partial charge in [-0.25, -0.2) is 4.98 Å². The zero-order valence-corrected chi connectivity index (χ0v) is 15.7. The summed E-state index contributed by atoms with van der Waals surface area (Å²) in [5.41, 5.74) is 1.46. The number of rotatable bonds is 4. The highest BCUT2D eigenvalue weighted by atomic mass is 35.5. The number of nitrogens with zero attached hydrogens (tertiary/aromatic N) is 4. The molecular weight excluding hydrogens is 360 g/mol. The molecule has 0 atom stereocenters. The van der Waals surface area contributed by atoms with Crippen molar-refractivity contribution in [2.75, 3.05) is 31.1 Å². The van der Waals surface area contributed by atoms with Gasteiger partial charge in [0.15, 0.2) is 0 Å². The molecule has 2 heterocycles. The molecule has 0 bridgehead atoms. The maximum atomic E-state index is 12.3. The third-order valence-corrected chi connectivity index (χ3v) is 4.27. The topological polar surface area (TPSA) is 60.2 Å². The maximum Gasteiger partial charge on any atom is 0.246 e. The summed E-state index contributed by atoms with van der Waals surface area (Å²) in [6, 6.07) is 15.4. The van der Waals surface area contributed by atoms with Gasteiger partial charge in [0.25, 0.3) is 0 Å². The van der Waals surface area contributed by atoms with Gasteiger partial charge in [-0.2, -0.15) is 5.26 Å². The molecule has 1 saturated heterocycles. The molecule has 3 rings (SSSR count). The number of halogens is 1. The molecule has 0 unspecified atom stereocenters. The number of pyridine rings is 1. The summed E-state index contributed by atoms with van der Waals surface area (Å²) in [6.07, 6.45) is 8.70. The average molecular weight is 381 g/mol. The molecule has 0 aliphatic carbocycles. The van der Waals surface area contributed by atoms with Crippen LogP contribution in [0.5, 0.6) is 0 Å². The number of hydrogen-bond acceptors (Lipinski definition) is 4. The van der Waals surface area contributed by atoms with Crippen LogP contribution in [0.15, 0.2) is 66.9 Å². The molecule has 0 spiro atoms. The molecule has 2 aromatic rings. The maximum absolute atomic E-state index is 12.3. The number of hydrogen-bond donors (Lipinski definition) is 0. The Morgan fingerprint density at radius 1 is 1.04 bits per heavy atom. The van der Waals surface area contributed by atoms with E-state index < -0.39 is 0 Å². The Morgan fingerprint density at radius 2 is 1.78 bits per heavy atom. The molecule has 138 valence electrons. The van der Waals surface area contributed by atoms with Gasteiger partial charge in [-0.3, -0.25) is 4.79 Å². The van der Waals surface area contributed by atoms with Crippen molar-refractivity contribution in [1.29, 1.82) is 5.26 Å². The third-order valence-electron chi connectivity index (χ3n) is 4.27. The first kappa shape index (κ1) is 20.2. The van der Waals surface area contributed by atoms with Crippen LogP contribution in [-0.2, 0) is 4.79 Å². The van der Waals surface area contributed by atoms with E-state index in [1.165, 1.54) is 0 Å². The number of amides is 1. The zero-order chi connectivity index (χ0) is 18.2. The number of aromatic nitrogens is 1. The summed E-state index contributed by atoms with van der Waals surface area (Å²) in [5.74, 6) is 0.957. The summed E-state index contributed by atoms with van der Waals surface area (Å²) in [4.78, 5) is 20.7. The van der Waals surface area contributed by atoms with Crippen LogP contribution in [0.2, 0.25) is 0 Å². The molecule has 1 amide bonds. The highest BCUT2D eigenvalue weighted by Gasteiger charge is 2.19. The second-order valence-electron chi connectivity index (χ2n) is 5.92. The lowest BCUT2D eigenvalue weighted by Gasteiger charge is -2.34. The molecule has 0 N–H and O–H groups in total. The van der Waals surface area contributed by atoms with E-state index in [0.29, 0.717) is 18.7 Å². The standard InChI is InChI=1S/C21H20N4O.ClH/c22-17-19-9-2-1-7-18(19)8-3-4-11-21(26)25-15-13-24(14-16-25)20-10-5-6-12-23-20;/h1-12H,13-16H2;1H/b8-3+,11-4+;. The van der Waals surface area contributed by atoms with Crippen LogP contribution in [-0.4, -0.2) is 42.0 Å². The van der Waals surface area contributed by atoms with Crippen LogP contribution in [0.1, 0.15) is 11.1 Å². The SMILES string of the molecule is Cl.N#Cc1ccccc1/C=C/C=C/C(=O)N1CCN(c2ccccn2)CC1. The fourth-order valence-corrected chi connectivity index (χ4v) is 2.84. The summed E-state index contributed by atoms with van der Waals surface area (Å²) in [5, 5.41) is 9.07. The second kappa shape index (κ2) is 10.1. The van der Waals surface area contributed by atoms with Crippen molar-refractivity contribution in [3.8, 4) is 6.07 Å². The number of allylic oxidation sites excluding steroid dienone is 2. The molecule has 0 radical (unpaired) electrons. The van der Waals surface area contributed by atoms with E-state index in [0.717, 1.165) is 24.5 Å². The number of carbonyl (C=O) groups excluding carboxylic acids is 1. The highest BCUT2D eigenvalue weighted by Crippen LogP contribution is 2.13. The van der Waals surface area contributed by atoms with E-state index in [2.05, 4.69) is 16.0 Å². The predicted molar refractivity (Wildman–Crippen MR) is 110 cm³/mol. The first-order chi connectivity index (χ1) is 12.8. The van der Waals surface area contributed by atoms with Crippen molar-refractivity contribution < 1.29 is 4.79 Å². The molecule has 1 fully saturated rings. The van der Waals surface area contributed by atoms with Crippen LogP contribution in [0.3, 0.4) is 0 Å². The van der Waals surface area contributed by atoms with Gasteiger partial charge < -0.3 is 9.80 Å². The largest absolute Gasteiger partial charge is 0.353 e. The Kier molecular flexibility index (Phi) is 7.60. The Bertz CT molecular complexity index is 850. The predicted octanol–water partition coefficient (Wildman–Crippen LogP) is 3.29. The lowest BCUT2D eigenvalue weighted by atomic mass is 10.1. The third kappa shape index (κ3) is 5.44. The monoisotopic (exact) mass is 380 g/mol. The van der Waals surface area contributed by atoms with Gasteiger partial charge in [-0.15, -0.1) is 12.4 Å².